The molecule has 18 heavy (non-hydrogen) atoms. The van der Waals surface area contributed by atoms with Gasteiger partial charge in [0.1, 0.15) is 0 Å². The Morgan fingerprint density at radius 3 is 3.17 bits per heavy atom. The van der Waals surface area contributed by atoms with Crippen LogP contribution in [-0.2, 0) is 6.42 Å². The van der Waals surface area contributed by atoms with Crippen LogP contribution in [0, 0.1) is 11.3 Å². The summed E-state index contributed by atoms with van der Waals surface area (Å²) in [5, 5.41) is 17.8. The predicted molar refractivity (Wildman–Crippen MR) is 73.4 cm³/mol. The summed E-state index contributed by atoms with van der Waals surface area (Å²) < 4.78 is 0.857. The molecule has 0 saturated heterocycles. The lowest BCUT2D eigenvalue weighted by Gasteiger charge is -2.14. The normalized spacial score (nSPS) is 13.4. The van der Waals surface area contributed by atoms with E-state index in [0.717, 1.165) is 22.4 Å². The van der Waals surface area contributed by atoms with Crippen LogP contribution < -0.4 is 4.90 Å². The lowest BCUT2D eigenvalue weighted by atomic mass is 10.2. The van der Waals surface area contributed by atoms with Gasteiger partial charge in [0, 0.05) is 12.2 Å². The van der Waals surface area contributed by atoms with Gasteiger partial charge in [-0.05, 0) is 18.1 Å². The van der Waals surface area contributed by atoms with Gasteiger partial charge in [0.05, 0.1) is 11.8 Å². The molecule has 0 atom stereocenters. The third-order valence-corrected chi connectivity index (χ3v) is 4.72. The van der Waals surface area contributed by atoms with E-state index in [0.29, 0.717) is 5.75 Å². The number of fused-ring (bicyclic) bond motifs is 1. The Labute approximate surface area is 113 Å². The molecule has 6 heteroatoms. The molecular formula is C12H10N4S2. The van der Waals surface area contributed by atoms with Gasteiger partial charge in [-0.15, -0.1) is 10.2 Å². The van der Waals surface area contributed by atoms with Crippen LogP contribution in [0.5, 0.6) is 0 Å². The molecule has 0 spiro atoms. The first kappa shape index (κ1) is 11.5. The summed E-state index contributed by atoms with van der Waals surface area (Å²) in [7, 11) is 0. The number of para-hydroxylation sites is 1. The van der Waals surface area contributed by atoms with Crippen LogP contribution in [0.3, 0.4) is 0 Å². The molecule has 1 aromatic carbocycles. The molecule has 0 radical (unpaired) electrons. The standard InChI is InChI=1S/C12H10N4S2/c13-6-8-17-12-15-14-11(18-12)16-7-5-9-3-1-2-4-10(9)16/h1-4H,5,7-8H2. The van der Waals surface area contributed by atoms with Gasteiger partial charge < -0.3 is 4.90 Å². The Morgan fingerprint density at radius 2 is 2.28 bits per heavy atom. The number of anilines is 2. The summed E-state index contributed by atoms with van der Waals surface area (Å²) in [6, 6.07) is 10.5. The largest absolute Gasteiger partial charge is 0.316 e. The molecule has 0 aliphatic carbocycles. The van der Waals surface area contributed by atoms with E-state index in [1.165, 1.54) is 23.0 Å². The molecule has 1 aliphatic heterocycles. The third kappa shape index (κ3) is 2.07. The third-order valence-electron chi connectivity index (χ3n) is 2.77. The molecule has 0 amide bonds. The highest BCUT2D eigenvalue weighted by Crippen LogP contribution is 2.37. The zero-order chi connectivity index (χ0) is 12.4. The Morgan fingerprint density at radius 1 is 1.39 bits per heavy atom. The molecule has 2 heterocycles. The van der Waals surface area contributed by atoms with Gasteiger partial charge in [0.2, 0.25) is 5.13 Å². The summed E-state index contributed by atoms with van der Waals surface area (Å²) in [5.41, 5.74) is 2.59. The maximum atomic E-state index is 8.55. The summed E-state index contributed by atoms with van der Waals surface area (Å²) in [5.74, 6) is 0.422. The predicted octanol–water partition coefficient (Wildman–Crippen LogP) is 2.85. The topological polar surface area (TPSA) is 52.8 Å². The maximum absolute atomic E-state index is 8.55. The van der Waals surface area contributed by atoms with E-state index >= 15 is 0 Å². The van der Waals surface area contributed by atoms with Crippen LogP contribution in [0.2, 0.25) is 0 Å². The molecule has 0 fully saturated rings. The first-order valence-electron chi connectivity index (χ1n) is 5.57. The lowest BCUT2D eigenvalue weighted by Crippen LogP contribution is -2.12. The first-order valence-corrected chi connectivity index (χ1v) is 7.37. The number of nitriles is 1. The number of nitrogens with zero attached hydrogens (tertiary/aromatic N) is 4. The monoisotopic (exact) mass is 274 g/mol. The van der Waals surface area contributed by atoms with Gasteiger partial charge in [0.15, 0.2) is 4.34 Å². The second-order valence-electron chi connectivity index (χ2n) is 3.83. The second kappa shape index (κ2) is 4.96. The number of aromatic nitrogens is 2. The van der Waals surface area contributed by atoms with E-state index in [9.17, 15) is 0 Å². The van der Waals surface area contributed by atoms with Gasteiger partial charge in [-0.3, -0.25) is 0 Å². The fraction of sp³-hybridized carbons (Fsp3) is 0.250. The van der Waals surface area contributed by atoms with Crippen molar-refractivity contribution < 1.29 is 0 Å². The molecule has 3 rings (SSSR count). The number of benzene rings is 1. The highest BCUT2D eigenvalue weighted by Gasteiger charge is 2.22. The number of thioether (sulfide) groups is 1. The van der Waals surface area contributed by atoms with Crippen LogP contribution >= 0.6 is 23.1 Å². The van der Waals surface area contributed by atoms with Gasteiger partial charge in [-0.1, -0.05) is 41.3 Å². The molecule has 0 saturated carbocycles. The Balaban J connectivity index is 1.84. The fourth-order valence-electron chi connectivity index (χ4n) is 2.00. The van der Waals surface area contributed by atoms with Crippen molar-refractivity contribution in [3.05, 3.63) is 29.8 Å². The second-order valence-corrected chi connectivity index (χ2v) is 6.01. The molecule has 1 aliphatic rings. The number of rotatable bonds is 3. The first-order chi connectivity index (χ1) is 8.88. The van der Waals surface area contributed by atoms with E-state index in [-0.39, 0.29) is 0 Å². The minimum atomic E-state index is 0.422. The SMILES string of the molecule is N#CCSc1nnc(N2CCc3ccccc32)s1. The Kier molecular flexibility index (Phi) is 3.17. The van der Waals surface area contributed by atoms with E-state index in [1.807, 2.05) is 6.07 Å². The summed E-state index contributed by atoms with van der Waals surface area (Å²) in [6.07, 6.45) is 1.05. The van der Waals surface area contributed by atoms with E-state index < -0.39 is 0 Å². The van der Waals surface area contributed by atoms with Gasteiger partial charge >= 0.3 is 0 Å². The minimum Gasteiger partial charge on any atom is -0.316 e. The molecule has 1 aromatic heterocycles. The summed E-state index contributed by atoms with van der Waals surface area (Å²) >= 11 is 2.99. The van der Waals surface area contributed by atoms with Gasteiger partial charge in [-0.2, -0.15) is 5.26 Å². The zero-order valence-electron chi connectivity index (χ0n) is 9.54. The minimum absolute atomic E-state index is 0.422. The average Bonchev–Trinajstić information content (AvgIpc) is 3.02. The molecule has 0 unspecified atom stereocenters. The van der Waals surface area contributed by atoms with Crippen molar-refractivity contribution >= 4 is 33.9 Å². The lowest BCUT2D eigenvalue weighted by molar-refractivity contribution is 0.942. The van der Waals surface area contributed by atoms with Crippen molar-refractivity contribution in [1.29, 1.82) is 5.26 Å². The Hall–Kier alpha value is -1.58. The van der Waals surface area contributed by atoms with Crippen LogP contribution in [0.25, 0.3) is 0 Å². The quantitative estimate of drug-likeness (QED) is 0.806. The van der Waals surface area contributed by atoms with Crippen molar-refractivity contribution in [2.75, 3.05) is 17.2 Å². The summed E-state index contributed by atoms with van der Waals surface area (Å²) in [4.78, 5) is 2.20. The van der Waals surface area contributed by atoms with E-state index in [4.69, 9.17) is 5.26 Å². The number of hydrogen-bond acceptors (Lipinski definition) is 6. The van der Waals surface area contributed by atoms with E-state index in [1.54, 1.807) is 11.3 Å². The molecular weight excluding hydrogens is 264 g/mol. The fourth-order valence-corrected chi connectivity index (χ4v) is 3.54. The Bertz CT molecular complexity index is 602. The molecule has 90 valence electrons. The van der Waals surface area contributed by atoms with Crippen LogP contribution in [0.15, 0.2) is 28.6 Å². The highest BCUT2D eigenvalue weighted by atomic mass is 32.2. The van der Waals surface area contributed by atoms with Crippen molar-refractivity contribution in [3.8, 4) is 6.07 Å². The van der Waals surface area contributed by atoms with Crippen molar-refractivity contribution in [1.82, 2.24) is 10.2 Å². The van der Waals surface area contributed by atoms with Crippen LogP contribution in [-0.4, -0.2) is 22.5 Å². The van der Waals surface area contributed by atoms with Gasteiger partial charge in [0.25, 0.3) is 0 Å². The number of hydrogen-bond donors (Lipinski definition) is 0. The van der Waals surface area contributed by atoms with Crippen molar-refractivity contribution in [3.63, 3.8) is 0 Å². The van der Waals surface area contributed by atoms with Crippen LogP contribution in [0.4, 0.5) is 10.8 Å². The van der Waals surface area contributed by atoms with Crippen molar-refractivity contribution in [2.24, 2.45) is 0 Å². The smallest absolute Gasteiger partial charge is 0.213 e. The summed E-state index contributed by atoms with van der Waals surface area (Å²) in [6.45, 7) is 0.955. The maximum Gasteiger partial charge on any atom is 0.213 e. The van der Waals surface area contributed by atoms with Crippen molar-refractivity contribution in [2.45, 2.75) is 10.8 Å². The average molecular weight is 274 g/mol. The van der Waals surface area contributed by atoms with E-state index in [2.05, 4.69) is 39.4 Å². The molecule has 0 bridgehead atoms. The molecule has 2 aromatic rings. The molecule has 4 nitrogen and oxygen atoms in total. The zero-order valence-corrected chi connectivity index (χ0v) is 11.2. The molecule has 0 N–H and O–H groups in total. The highest BCUT2D eigenvalue weighted by molar-refractivity contribution is 8.01. The van der Waals surface area contributed by atoms with Gasteiger partial charge in [-0.25, -0.2) is 0 Å². The van der Waals surface area contributed by atoms with Crippen LogP contribution in [0.1, 0.15) is 5.56 Å².